The second kappa shape index (κ2) is 5.21. The van der Waals surface area contributed by atoms with Crippen LogP contribution in [0.25, 0.3) is 0 Å². The lowest BCUT2D eigenvalue weighted by Gasteiger charge is -2.43. The zero-order valence-electron chi connectivity index (χ0n) is 10.5. The third-order valence-corrected chi connectivity index (χ3v) is 22.1. The molecule has 1 heterocycles. The Morgan fingerprint density at radius 1 is 1.06 bits per heavy atom. The predicted molar refractivity (Wildman–Crippen MR) is 70.0 cm³/mol. The Labute approximate surface area is 98.9 Å². The first-order valence-electron chi connectivity index (χ1n) is 5.57. The average Bonchev–Trinajstić information content (AvgIpc) is 1.98. The molecule has 2 unspecified atom stereocenters. The first-order valence-corrected chi connectivity index (χ1v) is 12.1. The second-order valence-electron chi connectivity index (χ2n) is 4.41. The largest absolute Gasteiger partial charge is 0.322 e. The molecule has 16 heavy (non-hydrogen) atoms. The van der Waals surface area contributed by atoms with Crippen LogP contribution in [0.15, 0.2) is 0 Å². The molecule has 1 aliphatic heterocycles. The lowest BCUT2D eigenvalue weighted by atomic mass is 10.5. The van der Waals surface area contributed by atoms with Crippen LogP contribution in [0.5, 0.6) is 0 Å². The zero-order valence-corrected chi connectivity index (χ0v) is 13.2. The van der Waals surface area contributed by atoms with Crippen molar-refractivity contribution in [2.75, 3.05) is 12.1 Å². The Bertz CT molecular complexity index is 310. The maximum absolute atomic E-state index is 12.4. The fourth-order valence-electron chi connectivity index (χ4n) is 1.78. The van der Waals surface area contributed by atoms with Gasteiger partial charge in [-0.05, 0) is 33.9 Å². The van der Waals surface area contributed by atoms with E-state index in [0.717, 1.165) is 0 Å². The van der Waals surface area contributed by atoms with Gasteiger partial charge in [0.2, 0.25) is 14.1 Å². The zero-order chi connectivity index (χ0) is 12.6. The van der Waals surface area contributed by atoms with E-state index in [-0.39, 0.29) is 18.1 Å². The molecule has 0 N–H and O–H groups in total. The summed E-state index contributed by atoms with van der Waals surface area (Å²) in [6.07, 6.45) is 0.508. The molecule has 0 aromatic carbocycles. The smallest absolute Gasteiger partial charge is 0.242 e. The van der Waals surface area contributed by atoms with E-state index in [1.165, 1.54) is 0 Å². The summed E-state index contributed by atoms with van der Waals surface area (Å²) in [6.45, 7) is 9.34. The van der Waals surface area contributed by atoms with Gasteiger partial charge in [0.05, 0.1) is 19.5 Å². The summed E-state index contributed by atoms with van der Waals surface area (Å²) in [6, 6.07) is 0. The molecule has 4 nitrogen and oxygen atoms in total. The summed E-state index contributed by atoms with van der Waals surface area (Å²) in [5.74, 6) is 0.149. The van der Waals surface area contributed by atoms with E-state index in [1.54, 1.807) is 0 Å². The second-order valence-corrected chi connectivity index (χ2v) is 17.4. The van der Waals surface area contributed by atoms with Crippen molar-refractivity contribution < 1.29 is 18.2 Å². The van der Waals surface area contributed by atoms with Crippen LogP contribution in [0.3, 0.4) is 0 Å². The Hall–Kier alpha value is 0.810. The molecule has 1 rings (SSSR count). The standard InChI is InChI=1S/C9H21O4P3/c1-6-14-15(10,12-8(2)3)7-16(14,11)13-9(4)5/h8-9H,6-7H2,1-5H3. The Morgan fingerprint density at radius 3 is 1.69 bits per heavy atom. The van der Waals surface area contributed by atoms with E-state index < -0.39 is 21.4 Å². The van der Waals surface area contributed by atoms with Crippen LogP contribution in [0.4, 0.5) is 0 Å². The summed E-state index contributed by atoms with van der Waals surface area (Å²) in [4.78, 5) is 0. The highest BCUT2D eigenvalue weighted by molar-refractivity contribution is 8.70. The maximum atomic E-state index is 12.4. The highest BCUT2D eigenvalue weighted by atomic mass is 32.5. The molecule has 0 spiro atoms. The normalized spacial score (nSPS) is 39.1. The Kier molecular flexibility index (Phi) is 4.84. The van der Waals surface area contributed by atoms with Crippen LogP contribution >= 0.6 is 21.4 Å². The fourth-order valence-corrected chi connectivity index (χ4v) is 21.5. The van der Waals surface area contributed by atoms with Crippen molar-refractivity contribution in [3.63, 3.8) is 0 Å². The highest BCUT2D eigenvalue weighted by Crippen LogP contribution is 3.07. The SMILES string of the molecule is CCP1P(=O)(OC(C)C)CP1(=O)OC(C)C. The van der Waals surface area contributed by atoms with Crippen molar-refractivity contribution in [3.8, 4) is 0 Å². The molecule has 0 aliphatic carbocycles. The third-order valence-electron chi connectivity index (χ3n) is 2.09. The number of rotatable bonds is 5. The van der Waals surface area contributed by atoms with E-state index in [2.05, 4.69) is 0 Å². The predicted octanol–water partition coefficient (Wildman–Crippen LogP) is 4.70. The average molecular weight is 286 g/mol. The molecule has 0 bridgehead atoms. The van der Waals surface area contributed by atoms with Crippen LogP contribution < -0.4 is 0 Å². The first-order chi connectivity index (χ1) is 7.23. The Morgan fingerprint density at radius 2 is 1.44 bits per heavy atom. The molecule has 0 aromatic heterocycles. The van der Waals surface area contributed by atoms with Crippen molar-refractivity contribution >= 4 is 21.4 Å². The quantitative estimate of drug-likeness (QED) is 0.687. The minimum absolute atomic E-state index is 0.0739. The molecule has 0 aromatic rings. The van der Waals surface area contributed by atoms with Gasteiger partial charge in [0.1, 0.15) is 5.90 Å². The lowest BCUT2D eigenvalue weighted by molar-refractivity contribution is 0.241. The number of hydrogen-bond donors (Lipinski definition) is 0. The Balaban J connectivity index is 2.78. The minimum Gasteiger partial charge on any atom is -0.322 e. The van der Waals surface area contributed by atoms with E-state index in [4.69, 9.17) is 9.05 Å². The molecular formula is C9H21O4P3. The van der Waals surface area contributed by atoms with Gasteiger partial charge >= 0.3 is 0 Å². The fraction of sp³-hybridized carbons (Fsp3) is 1.00. The van der Waals surface area contributed by atoms with Crippen LogP contribution in [0.1, 0.15) is 34.6 Å². The van der Waals surface area contributed by atoms with Gasteiger partial charge in [-0.15, -0.1) is 0 Å². The van der Waals surface area contributed by atoms with Gasteiger partial charge in [-0.2, -0.15) is 0 Å². The maximum Gasteiger partial charge on any atom is 0.242 e. The van der Waals surface area contributed by atoms with Crippen molar-refractivity contribution in [2.24, 2.45) is 0 Å². The first kappa shape index (κ1) is 14.9. The summed E-state index contributed by atoms with van der Waals surface area (Å²) < 4.78 is 35.8. The molecular weight excluding hydrogens is 265 g/mol. The number of hydrogen-bond acceptors (Lipinski definition) is 4. The molecule has 1 fully saturated rings. The van der Waals surface area contributed by atoms with Crippen LogP contribution in [0.2, 0.25) is 0 Å². The summed E-state index contributed by atoms with van der Waals surface area (Å²) in [7, 11) is -6.41. The van der Waals surface area contributed by atoms with Gasteiger partial charge in [-0.25, -0.2) is 0 Å². The molecule has 7 heteroatoms. The van der Waals surface area contributed by atoms with Gasteiger partial charge in [0.25, 0.3) is 0 Å². The van der Waals surface area contributed by atoms with Gasteiger partial charge in [0.15, 0.2) is 0 Å². The van der Waals surface area contributed by atoms with E-state index >= 15 is 0 Å². The van der Waals surface area contributed by atoms with Gasteiger partial charge in [-0.3, -0.25) is 9.13 Å². The molecule has 1 aliphatic rings. The van der Waals surface area contributed by atoms with E-state index in [9.17, 15) is 9.13 Å². The molecule has 96 valence electrons. The molecule has 1 saturated heterocycles. The topological polar surface area (TPSA) is 52.6 Å². The summed E-state index contributed by atoms with van der Waals surface area (Å²) >= 11 is 0. The van der Waals surface area contributed by atoms with Crippen molar-refractivity contribution in [1.82, 2.24) is 0 Å². The third kappa shape index (κ3) is 2.98. The van der Waals surface area contributed by atoms with E-state index in [1.807, 2.05) is 34.6 Å². The lowest BCUT2D eigenvalue weighted by Crippen LogP contribution is -2.14. The monoisotopic (exact) mass is 286 g/mol. The van der Waals surface area contributed by atoms with Gasteiger partial charge in [-0.1, -0.05) is 6.92 Å². The summed E-state index contributed by atoms with van der Waals surface area (Å²) in [5.41, 5.74) is 0. The van der Waals surface area contributed by atoms with E-state index in [0.29, 0.717) is 6.16 Å². The molecule has 0 amide bonds. The van der Waals surface area contributed by atoms with Crippen molar-refractivity contribution in [2.45, 2.75) is 46.8 Å². The van der Waals surface area contributed by atoms with Crippen molar-refractivity contribution in [1.29, 1.82) is 0 Å². The van der Waals surface area contributed by atoms with Gasteiger partial charge < -0.3 is 9.05 Å². The van der Waals surface area contributed by atoms with Gasteiger partial charge in [0, 0.05) is 0 Å². The molecule has 2 atom stereocenters. The van der Waals surface area contributed by atoms with Crippen LogP contribution in [-0.2, 0) is 18.2 Å². The van der Waals surface area contributed by atoms with Crippen LogP contribution in [0, 0.1) is 0 Å². The van der Waals surface area contributed by atoms with Crippen LogP contribution in [-0.4, -0.2) is 24.3 Å². The molecule has 0 saturated carbocycles. The minimum atomic E-state index is -2.66. The molecule has 0 radical (unpaired) electrons. The highest BCUT2D eigenvalue weighted by Gasteiger charge is 2.61. The summed E-state index contributed by atoms with van der Waals surface area (Å²) in [5, 5.41) is 0. The van der Waals surface area contributed by atoms with Crippen molar-refractivity contribution in [3.05, 3.63) is 0 Å².